The van der Waals surface area contributed by atoms with E-state index in [2.05, 4.69) is 11.9 Å². The van der Waals surface area contributed by atoms with Crippen LogP contribution in [0.5, 0.6) is 11.5 Å². The first-order chi connectivity index (χ1) is 13.8. The molecular weight excluding hydrogens is 415 g/mol. The van der Waals surface area contributed by atoms with E-state index in [1.165, 1.54) is 19.1 Å². The molecule has 2 aromatic rings. The third-order valence-corrected chi connectivity index (χ3v) is 4.62. The van der Waals surface area contributed by atoms with Gasteiger partial charge in [0.15, 0.2) is 18.1 Å². The summed E-state index contributed by atoms with van der Waals surface area (Å²) in [4.78, 5) is 25.8. The van der Waals surface area contributed by atoms with Gasteiger partial charge >= 0.3 is 0 Å². The number of carbonyl (C=O) groups excluding carboxylic acids is 2. The van der Waals surface area contributed by atoms with Gasteiger partial charge < -0.3 is 19.7 Å². The van der Waals surface area contributed by atoms with E-state index < -0.39 is 5.91 Å². The highest BCUT2D eigenvalue weighted by molar-refractivity contribution is 6.39. The second kappa shape index (κ2) is 10.7. The fourth-order valence-electron chi connectivity index (χ4n) is 2.47. The maximum Gasteiger partial charge on any atom is 0.260 e. The van der Waals surface area contributed by atoms with Crippen molar-refractivity contribution in [1.82, 2.24) is 4.90 Å². The molecule has 0 saturated carbocycles. The molecule has 0 spiro atoms. The molecule has 0 radical (unpaired) electrons. The van der Waals surface area contributed by atoms with E-state index in [1.54, 1.807) is 30.3 Å². The number of halogens is 2. The Balaban J connectivity index is 1.92. The third kappa shape index (κ3) is 6.41. The lowest BCUT2D eigenvalue weighted by atomic mass is 10.1. The van der Waals surface area contributed by atoms with Gasteiger partial charge in [0.25, 0.3) is 5.91 Å². The molecule has 2 aromatic carbocycles. The molecule has 0 atom stereocenters. The Kier molecular flexibility index (Phi) is 8.36. The number of allylic oxidation sites excluding steroid dienone is 1. The minimum absolute atomic E-state index is 0.181. The highest BCUT2D eigenvalue weighted by Crippen LogP contribution is 2.30. The molecule has 0 heterocycles. The number of carbonyl (C=O) groups is 2. The predicted molar refractivity (Wildman–Crippen MR) is 115 cm³/mol. The van der Waals surface area contributed by atoms with Crippen molar-refractivity contribution in [3.63, 3.8) is 0 Å². The molecule has 0 aliphatic carbocycles. The molecule has 6 nitrogen and oxygen atoms in total. The summed E-state index contributed by atoms with van der Waals surface area (Å²) >= 11 is 12.1. The van der Waals surface area contributed by atoms with Crippen LogP contribution in [0.25, 0.3) is 0 Å². The first-order valence-corrected chi connectivity index (χ1v) is 9.49. The van der Waals surface area contributed by atoms with Gasteiger partial charge in [0.2, 0.25) is 5.91 Å². The van der Waals surface area contributed by atoms with Crippen LogP contribution in [-0.4, -0.2) is 44.0 Å². The van der Waals surface area contributed by atoms with Crippen molar-refractivity contribution in [1.29, 1.82) is 0 Å². The van der Waals surface area contributed by atoms with Crippen LogP contribution in [0.4, 0.5) is 5.69 Å². The lowest BCUT2D eigenvalue weighted by Gasteiger charge is -2.18. The lowest BCUT2D eigenvalue weighted by Crippen LogP contribution is -2.37. The van der Waals surface area contributed by atoms with Crippen LogP contribution in [0.1, 0.15) is 5.56 Å². The van der Waals surface area contributed by atoms with Crippen LogP contribution in [-0.2, 0) is 16.0 Å². The van der Waals surface area contributed by atoms with Crippen molar-refractivity contribution in [2.75, 3.05) is 32.6 Å². The highest BCUT2D eigenvalue weighted by atomic mass is 35.5. The Morgan fingerprint density at radius 1 is 1.17 bits per heavy atom. The number of ether oxygens (including phenoxy) is 2. The Morgan fingerprint density at radius 3 is 2.48 bits per heavy atom. The van der Waals surface area contributed by atoms with Crippen molar-refractivity contribution < 1.29 is 19.1 Å². The average molecular weight is 437 g/mol. The van der Waals surface area contributed by atoms with E-state index in [0.29, 0.717) is 33.7 Å². The SMILES string of the molecule is C=CCc1ccc(OCC(=O)N(C)CC(=O)Nc2c(Cl)cccc2Cl)c(OC)c1. The average Bonchev–Trinajstić information content (AvgIpc) is 2.69. The summed E-state index contributed by atoms with van der Waals surface area (Å²) in [5.41, 5.74) is 1.32. The normalized spacial score (nSPS) is 10.2. The number of rotatable bonds is 9. The van der Waals surface area contributed by atoms with E-state index in [-0.39, 0.29) is 19.1 Å². The van der Waals surface area contributed by atoms with Gasteiger partial charge in [-0.25, -0.2) is 0 Å². The summed E-state index contributed by atoms with van der Waals surface area (Å²) < 4.78 is 10.9. The molecular formula is C21H22Cl2N2O4. The van der Waals surface area contributed by atoms with Gasteiger partial charge in [-0.1, -0.05) is 41.4 Å². The Labute approximate surface area is 180 Å². The van der Waals surface area contributed by atoms with Crippen molar-refractivity contribution >= 4 is 40.7 Å². The van der Waals surface area contributed by atoms with E-state index in [1.807, 2.05) is 12.1 Å². The molecule has 0 saturated heterocycles. The minimum Gasteiger partial charge on any atom is -0.493 e. The fourth-order valence-corrected chi connectivity index (χ4v) is 2.97. The number of benzene rings is 2. The second-order valence-electron chi connectivity index (χ2n) is 6.16. The lowest BCUT2D eigenvalue weighted by molar-refractivity contribution is -0.135. The summed E-state index contributed by atoms with van der Waals surface area (Å²) in [5.74, 6) is 0.158. The summed E-state index contributed by atoms with van der Waals surface area (Å²) in [7, 11) is 3.03. The number of amides is 2. The van der Waals surface area contributed by atoms with Crippen molar-refractivity contribution in [2.45, 2.75) is 6.42 Å². The zero-order valence-electron chi connectivity index (χ0n) is 16.2. The van der Waals surface area contributed by atoms with E-state index in [4.69, 9.17) is 32.7 Å². The summed E-state index contributed by atoms with van der Waals surface area (Å²) in [5, 5.41) is 3.24. The van der Waals surface area contributed by atoms with Crippen molar-refractivity contribution in [3.8, 4) is 11.5 Å². The van der Waals surface area contributed by atoms with E-state index in [0.717, 1.165) is 5.56 Å². The summed E-state index contributed by atoms with van der Waals surface area (Å²) in [6.45, 7) is 3.28. The highest BCUT2D eigenvalue weighted by Gasteiger charge is 2.17. The number of likely N-dealkylation sites (N-methyl/N-ethyl adjacent to an activating group) is 1. The molecule has 0 aliphatic heterocycles. The predicted octanol–water partition coefficient (Wildman–Crippen LogP) is 4.21. The number of methoxy groups -OCH3 is 1. The monoisotopic (exact) mass is 436 g/mol. The number of para-hydroxylation sites is 1. The first kappa shape index (κ1) is 22.6. The first-order valence-electron chi connectivity index (χ1n) is 8.74. The van der Waals surface area contributed by atoms with Crippen LogP contribution < -0.4 is 14.8 Å². The number of hydrogen-bond acceptors (Lipinski definition) is 4. The Bertz CT molecular complexity index is 882. The third-order valence-electron chi connectivity index (χ3n) is 3.99. The van der Waals surface area contributed by atoms with Gasteiger partial charge in [-0.15, -0.1) is 6.58 Å². The number of hydrogen-bond donors (Lipinski definition) is 1. The zero-order valence-corrected chi connectivity index (χ0v) is 17.7. The molecule has 0 aliphatic rings. The quantitative estimate of drug-likeness (QED) is 0.597. The molecule has 0 aromatic heterocycles. The fraction of sp³-hybridized carbons (Fsp3) is 0.238. The van der Waals surface area contributed by atoms with Gasteiger partial charge in [-0.05, 0) is 36.2 Å². The van der Waals surface area contributed by atoms with Crippen LogP contribution in [0.2, 0.25) is 10.0 Å². The molecule has 0 bridgehead atoms. The zero-order chi connectivity index (χ0) is 21.4. The molecule has 0 unspecified atom stereocenters. The van der Waals surface area contributed by atoms with Crippen LogP contribution in [0.3, 0.4) is 0 Å². The van der Waals surface area contributed by atoms with Gasteiger partial charge in [-0.3, -0.25) is 9.59 Å². The summed E-state index contributed by atoms with van der Waals surface area (Å²) in [6, 6.07) is 10.3. The molecule has 2 rings (SSSR count). The van der Waals surface area contributed by atoms with Crippen LogP contribution in [0.15, 0.2) is 49.1 Å². The largest absolute Gasteiger partial charge is 0.493 e. The maximum atomic E-state index is 12.3. The van der Waals surface area contributed by atoms with Crippen molar-refractivity contribution in [3.05, 3.63) is 64.7 Å². The van der Waals surface area contributed by atoms with Gasteiger partial charge in [0.05, 0.1) is 29.4 Å². The van der Waals surface area contributed by atoms with E-state index >= 15 is 0 Å². The van der Waals surface area contributed by atoms with Crippen LogP contribution in [0, 0.1) is 0 Å². The number of nitrogens with zero attached hydrogens (tertiary/aromatic N) is 1. The van der Waals surface area contributed by atoms with Crippen molar-refractivity contribution in [2.24, 2.45) is 0 Å². The molecule has 8 heteroatoms. The Hall–Kier alpha value is -2.70. The molecule has 154 valence electrons. The molecule has 1 N–H and O–H groups in total. The van der Waals surface area contributed by atoms with Crippen LogP contribution >= 0.6 is 23.2 Å². The second-order valence-corrected chi connectivity index (χ2v) is 6.98. The number of anilines is 1. The smallest absolute Gasteiger partial charge is 0.260 e. The van der Waals surface area contributed by atoms with Gasteiger partial charge in [0.1, 0.15) is 0 Å². The van der Waals surface area contributed by atoms with Gasteiger partial charge in [0, 0.05) is 7.05 Å². The summed E-state index contributed by atoms with van der Waals surface area (Å²) in [6.07, 6.45) is 2.48. The molecule has 0 fully saturated rings. The topological polar surface area (TPSA) is 67.9 Å². The Morgan fingerprint density at radius 2 is 1.86 bits per heavy atom. The number of nitrogens with one attached hydrogen (secondary N) is 1. The molecule has 29 heavy (non-hydrogen) atoms. The van der Waals surface area contributed by atoms with E-state index in [9.17, 15) is 9.59 Å². The maximum absolute atomic E-state index is 12.3. The minimum atomic E-state index is -0.429. The van der Waals surface area contributed by atoms with Gasteiger partial charge in [-0.2, -0.15) is 0 Å². The standard InChI is InChI=1S/C21H22Cl2N2O4/c1-4-6-14-9-10-17(18(11-14)28-3)29-13-20(27)25(2)12-19(26)24-21-15(22)7-5-8-16(21)23/h4-5,7-11H,1,6,12-13H2,2-3H3,(H,24,26). The molecule has 2 amide bonds.